The molecule has 50 heavy (non-hydrogen) atoms. The van der Waals surface area contributed by atoms with Crippen molar-refractivity contribution in [2.75, 3.05) is 0 Å². The number of fused-ring (bicyclic) bond motifs is 6. The standard InChI is InChI=1S/C48H32N2/c1-3-13-33(14-4-1)34-23-27-38(28-24-34)49-45-21-11-8-18-40(45)42-31-36(25-29-47(42)49)37-26-30-48-43(32-37)41-19-9-12-22-46(41)50(48)44-20-10-7-17-39(44)35-15-5-2-6-16-35/h1-32H/i1D,3D,4D,8D,9D,11D,12D,13D,14D,18D,19D,21D,22D,23D,24D,25D,26D,27D,28D,29D,30D,31D,32D. The van der Waals surface area contributed by atoms with Gasteiger partial charge in [-0.15, -0.1) is 0 Å². The third-order valence-corrected chi connectivity index (χ3v) is 8.38. The Morgan fingerprint density at radius 3 is 1.52 bits per heavy atom. The Bertz CT molecular complexity index is 4120. The first-order valence-corrected chi connectivity index (χ1v) is 15.3. The van der Waals surface area contributed by atoms with Crippen molar-refractivity contribution in [3.05, 3.63) is 194 Å². The highest BCUT2D eigenvalue weighted by molar-refractivity contribution is 6.13. The maximum atomic E-state index is 9.88. The van der Waals surface area contributed by atoms with Crippen LogP contribution in [0.15, 0.2) is 194 Å². The molecule has 0 saturated carbocycles. The minimum atomic E-state index is -0.975. The fourth-order valence-corrected chi connectivity index (χ4v) is 6.19. The van der Waals surface area contributed by atoms with E-state index in [4.69, 9.17) is 17.8 Å². The number of benzene rings is 8. The molecule has 0 amide bonds. The van der Waals surface area contributed by atoms with Crippen LogP contribution >= 0.6 is 0 Å². The molecule has 0 fully saturated rings. The van der Waals surface area contributed by atoms with Gasteiger partial charge in [0.05, 0.1) is 59.3 Å². The lowest BCUT2D eigenvalue weighted by Crippen LogP contribution is -1.97. The molecular weight excluding hydrogens is 605 g/mol. The van der Waals surface area contributed by atoms with E-state index < -0.39 is 189 Å². The summed E-state index contributed by atoms with van der Waals surface area (Å²) in [6.45, 7) is 0. The fourth-order valence-electron chi connectivity index (χ4n) is 6.19. The van der Waals surface area contributed by atoms with Crippen LogP contribution in [0.5, 0.6) is 0 Å². The highest BCUT2D eigenvalue weighted by Crippen LogP contribution is 2.40. The maximum Gasteiger partial charge on any atom is 0.0645 e. The zero-order chi connectivity index (χ0) is 53.0. The van der Waals surface area contributed by atoms with Crippen molar-refractivity contribution in [2.24, 2.45) is 0 Å². The molecule has 2 heterocycles. The number of para-hydroxylation sites is 3. The van der Waals surface area contributed by atoms with Gasteiger partial charge < -0.3 is 9.13 Å². The van der Waals surface area contributed by atoms with Crippen LogP contribution in [0, 0.1) is 0 Å². The molecule has 10 rings (SSSR count). The molecule has 0 bridgehead atoms. The minimum absolute atomic E-state index is 0.159. The summed E-state index contributed by atoms with van der Waals surface area (Å²) in [4.78, 5) is 0. The summed E-state index contributed by atoms with van der Waals surface area (Å²) in [5, 5.41) is -1.56. The third kappa shape index (κ3) is 4.50. The van der Waals surface area contributed by atoms with Gasteiger partial charge in [-0.05, 0) is 82.2 Å². The largest absolute Gasteiger partial charge is 0.309 e. The Kier molecular flexibility index (Phi) is 3.15. The molecule has 0 radical (unpaired) electrons. The van der Waals surface area contributed by atoms with Crippen LogP contribution in [0.1, 0.15) is 31.5 Å². The van der Waals surface area contributed by atoms with Crippen LogP contribution in [-0.4, -0.2) is 9.13 Å². The van der Waals surface area contributed by atoms with E-state index in [0.29, 0.717) is 16.8 Å². The van der Waals surface area contributed by atoms with Gasteiger partial charge >= 0.3 is 0 Å². The molecule has 0 saturated heterocycles. The smallest absolute Gasteiger partial charge is 0.0645 e. The van der Waals surface area contributed by atoms with E-state index in [1.165, 1.54) is 4.57 Å². The Balaban J connectivity index is 1.37. The second-order valence-corrected chi connectivity index (χ2v) is 11.2. The Morgan fingerprint density at radius 1 is 0.340 bits per heavy atom. The van der Waals surface area contributed by atoms with E-state index in [2.05, 4.69) is 0 Å². The summed E-state index contributed by atoms with van der Waals surface area (Å²) in [6, 6.07) is -2.89. The SMILES string of the molecule is [2H]c1c([2H])c([2H])c(-c2c([2H])c([2H])c(-n3c4c([2H])c([2H])c([2H])c([2H])c4c4c([2H])c(-c5c([2H])c([2H])c6c(c5[2H])c5c([2H])c([2H])c([2H])c([2H])c5n6-c5ccccc5-c5ccccc5)c([2H])c([2H])c43)c([2H])c2[2H])c([2H])c1[2H]. The summed E-state index contributed by atoms with van der Waals surface area (Å²) >= 11 is 0. The molecule has 0 aliphatic heterocycles. The molecule has 2 nitrogen and oxygen atoms in total. The summed E-state index contributed by atoms with van der Waals surface area (Å²) in [7, 11) is 0. The summed E-state index contributed by atoms with van der Waals surface area (Å²) < 4.78 is 210. The first-order chi connectivity index (χ1) is 34.4. The van der Waals surface area contributed by atoms with Crippen molar-refractivity contribution >= 4 is 43.6 Å². The van der Waals surface area contributed by atoms with Gasteiger partial charge in [0.15, 0.2) is 0 Å². The zero-order valence-corrected chi connectivity index (χ0v) is 25.6. The minimum Gasteiger partial charge on any atom is -0.309 e. The van der Waals surface area contributed by atoms with E-state index in [9.17, 15) is 13.7 Å². The lowest BCUT2D eigenvalue weighted by Gasteiger charge is -2.14. The molecule has 8 aromatic carbocycles. The molecule has 2 aromatic heterocycles. The van der Waals surface area contributed by atoms with Crippen LogP contribution in [0.2, 0.25) is 0 Å². The number of aromatic nitrogens is 2. The van der Waals surface area contributed by atoms with Crippen molar-refractivity contribution in [1.29, 1.82) is 0 Å². The second kappa shape index (κ2) is 11.5. The average Bonchev–Trinajstić information content (AvgIpc) is 3.93. The van der Waals surface area contributed by atoms with Gasteiger partial charge in [0, 0.05) is 32.8 Å². The van der Waals surface area contributed by atoms with Gasteiger partial charge in [0.2, 0.25) is 0 Å². The quantitative estimate of drug-likeness (QED) is 0.174. The van der Waals surface area contributed by atoms with E-state index >= 15 is 0 Å². The van der Waals surface area contributed by atoms with E-state index in [-0.39, 0.29) is 21.8 Å². The number of nitrogens with zero attached hydrogens (tertiary/aromatic N) is 2. The van der Waals surface area contributed by atoms with Gasteiger partial charge in [-0.25, -0.2) is 0 Å². The molecule has 0 N–H and O–H groups in total. The van der Waals surface area contributed by atoms with E-state index in [1.807, 2.05) is 0 Å². The fraction of sp³-hybridized carbons (Fsp3) is 0. The van der Waals surface area contributed by atoms with Gasteiger partial charge in [-0.3, -0.25) is 0 Å². The maximum absolute atomic E-state index is 9.88. The van der Waals surface area contributed by atoms with Crippen molar-refractivity contribution in [3.63, 3.8) is 0 Å². The monoisotopic (exact) mass is 659 g/mol. The lowest BCUT2D eigenvalue weighted by atomic mass is 10.0. The number of hydrogen-bond acceptors (Lipinski definition) is 0. The van der Waals surface area contributed by atoms with Crippen LogP contribution in [0.3, 0.4) is 0 Å². The highest BCUT2D eigenvalue weighted by atomic mass is 15.0. The molecule has 0 aliphatic carbocycles. The number of hydrogen-bond donors (Lipinski definition) is 0. The summed E-state index contributed by atoms with van der Waals surface area (Å²) in [5.74, 6) is 0. The van der Waals surface area contributed by atoms with Crippen LogP contribution in [0.4, 0.5) is 0 Å². The highest BCUT2D eigenvalue weighted by Gasteiger charge is 2.17. The average molecular weight is 660 g/mol. The van der Waals surface area contributed by atoms with Crippen LogP contribution in [0.25, 0.3) is 88.4 Å². The van der Waals surface area contributed by atoms with Gasteiger partial charge in [-0.2, -0.15) is 0 Å². The normalized spacial score (nSPS) is 18.0. The van der Waals surface area contributed by atoms with Gasteiger partial charge in [0.25, 0.3) is 0 Å². The van der Waals surface area contributed by atoms with Crippen molar-refractivity contribution in [3.8, 4) is 44.8 Å². The molecule has 10 aromatic rings. The topological polar surface area (TPSA) is 9.86 Å². The summed E-state index contributed by atoms with van der Waals surface area (Å²) in [5.41, 5.74) is -3.46. The summed E-state index contributed by atoms with van der Waals surface area (Å²) in [6.07, 6.45) is 0. The Labute approximate surface area is 323 Å². The van der Waals surface area contributed by atoms with Crippen molar-refractivity contribution < 1.29 is 31.5 Å². The lowest BCUT2D eigenvalue weighted by molar-refractivity contribution is 1.18. The zero-order valence-electron chi connectivity index (χ0n) is 48.6. The molecule has 0 spiro atoms. The van der Waals surface area contributed by atoms with E-state index in [1.54, 1.807) is 54.6 Å². The third-order valence-electron chi connectivity index (χ3n) is 8.38. The molecular formula is C48H32N2. The number of rotatable bonds is 5. The Morgan fingerprint density at radius 2 is 0.840 bits per heavy atom. The molecule has 0 aliphatic rings. The molecule has 234 valence electrons. The predicted molar refractivity (Wildman–Crippen MR) is 211 cm³/mol. The molecule has 2 heteroatoms. The van der Waals surface area contributed by atoms with Crippen LogP contribution in [-0.2, 0) is 0 Å². The van der Waals surface area contributed by atoms with Crippen molar-refractivity contribution in [1.82, 2.24) is 9.13 Å². The molecule has 0 atom stereocenters. The predicted octanol–water partition coefficient (Wildman–Crippen LogP) is 12.9. The first-order valence-electron chi connectivity index (χ1n) is 26.8. The van der Waals surface area contributed by atoms with E-state index in [0.717, 1.165) is 4.57 Å². The van der Waals surface area contributed by atoms with Gasteiger partial charge in [-0.1, -0.05) is 139 Å². The first kappa shape index (κ1) is 13.7. The van der Waals surface area contributed by atoms with Crippen LogP contribution < -0.4 is 0 Å². The second-order valence-electron chi connectivity index (χ2n) is 11.2. The Hall–Kier alpha value is -6.64. The van der Waals surface area contributed by atoms with Crippen molar-refractivity contribution in [2.45, 2.75) is 0 Å². The molecule has 0 unspecified atom stereocenters. The van der Waals surface area contributed by atoms with Gasteiger partial charge in [0.1, 0.15) is 0 Å².